The Hall–Kier alpha value is -3.39. The van der Waals surface area contributed by atoms with E-state index in [-0.39, 0.29) is 22.6 Å². The Morgan fingerprint density at radius 3 is 2.46 bits per heavy atom. The predicted molar refractivity (Wildman–Crippen MR) is 145 cm³/mol. The van der Waals surface area contributed by atoms with Gasteiger partial charge in [0.2, 0.25) is 0 Å². The Balaban J connectivity index is 1.89. The highest BCUT2D eigenvalue weighted by Crippen LogP contribution is 2.41. The number of ether oxygens (including phenoxy) is 1. The molecule has 0 amide bonds. The van der Waals surface area contributed by atoms with Crippen molar-refractivity contribution < 1.29 is 27.4 Å². The number of allylic oxidation sites excluding steroid dienone is 5. The molecule has 1 aliphatic carbocycles. The van der Waals surface area contributed by atoms with E-state index in [1.54, 1.807) is 13.0 Å². The van der Waals surface area contributed by atoms with Crippen LogP contribution in [0.3, 0.4) is 0 Å². The zero-order valence-electron chi connectivity index (χ0n) is 21.7. The summed E-state index contributed by atoms with van der Waals surface area (Å²) in [7, 11) is -3.06. The van der Waals surface area contributed by atoms with Gasteiger partial charge in [0.25, 0.3) is 10.0 Å². The minimum Gasteiger partial charge on any atom is -0.495 e. The highest BCUT2D eigenvalue weighted by molar-refractivity contribution is 7.92. The largest absolute Gasteiger partial charge is 0.495 e. The van der Waals surface area contributed by atoms with E-state index < -0.39 is 26.7 Å². The van der Waals surface area contributed by atoms with E-state index in [0.29, 0.717) is 16.9 Å². The molecule has 8 heteroatoms. The Morgan fingerprint density at radius 2 is 1.86 bits per heavy atom. The fourth-order valence-electron chi connectivity index (χ4n) is 4.55. The molecular weight excluding hydrogens is 493 g/mol. The molecule has 0 heterocycles. The molecule has 0 aliphatic heterocycles. The summed E-state index contributed by atoms with van der Waals surface area (Å²) in [6.45, 7) is 10.3. The number of carbonyl (C=O) groups is 1. The van der Waals surface area contributed by atoms with Crippen LogP contribution in [-0.2, 0) is 10.0 Å². The number of methoxy groups -OCH3 is 1. The number of nitrogens with one attached hydrogen (secondary N) is 1. The Bertz CT molecular complexity index is 1350. The van der Waals surface area contributed by atoms with Crippen LogP contribution in [0.4, 0.5) is 10.1 Å². The van der Waals surface area contributed by atoms with Crippen LogP contribution < -0.4 is 9.46 Å². The number of halogens is 1. The molecule has 1 saturated carbocycles. The van der Waals surface area contributed by atoms with Gasteiger partial charge in [-0.25, -0.2) is 17.6 Å². The smallest absolute Gasteiger partial charge is 0.335 e. The quantitative estimate of drug-likeness (QED) is 0.340. The summed E-state index contributed by atoms with van der Waals surface area (Å²) in [5.41, 5.74) is 2.11. The van der Waals surface area contributed by atoms with Crippen molar-refractivity contribution in [1.29, 1.82) is 0 Å². The van der Waals surface area contributed by atoms with Crippen molar-refractivity contribution in [2.45, 2.75) is 51.3 Å². The number of hydrogen-bond acceptors (Lipinski definition) is 4. The number of hydrogen-bond donors (Lipinski definition) is 2. The molecule has 3 rings (SSSR count). The van der Waals surface area contributed by atoms with Crippen molar-refractivity contribution in [2.24, 2.45) is 11.3 Å². The Labute approximate surface area is 218 Å². The zero-order chi connectivity index (χ0) is 27.4. The summed E-state index contributed by atoms with van der Waals surface area (Å²) in [6.07, 6.45) is 10.0. The molecule has 37 heavy (non-hydrogen) atoms. The highest BCUT2D eigenvalue weighted by atomic mass is 32.2. The van der Waals surface area contributed by atoms with E-state index in [4.69, 9.17) is 9.84 Å². The van der Waals surface area contributed by atoms with Crippen molar-refractivity contribution in [1.82, 2.24) is 0 Å². The number of aromatic carboxylic acids is 1. The topological polar surface area (TPSA) is 92.7 Å². The normalized spacial score (nSPS) is 16.8. The van der Waals surface area contributed by atoms with Gasteiger partial charge in [-0.05, 0) is 79.4 Å². The van der Waals surface area contributed by atoms with Crippen LogP contribution in [0.15, 0.2) is 71.7 Å². The second kappa shape index (κ2) is 11.3. The minimum atomic E-state index is -4.34. The first kappa shape index (κ1) is 28.2. The van der Waals surface area contributed by atoms with E-state index in [9.17, 15) is 13.2 Å². The maximum Gasteiger partial charge on any atom is 0.335 e. The van der Waals surface area contributed by atoms with Crippen LogP contribution in [0.5, 0.6) is 5.75 Å². The SMILES string of the molecule is C=C/C(=C\C=C(/C)c1cccc(S(=O)(=O)Nc2ccc(C(=O)O)cc2OC)c1F)C1CCC(C)(C)CC1. The van der Waals surface area contributed by atoms with Crippen molar-refractivity contribution in [2.75, 3.05) is 11.8 Å². The number of sulfonamides is 1. The predicted octanol–water partition coefficient (Wildman–Crippen LogP) is 7.07. The second-order valence-electron chi connectivity index (χ2n) is 10.1. The van der Waals surface area contributed by atoms with Crippen molar-refractivity contribution in [3.63, 3.8) is 0 Å². The average Bonchev–Trinajstić information content (AvgIpc) is 2.84. The number of rotatable bonds is 9. The molecule has 2 aromatic carbocycles. The van der Waals surface area contributed by atoms with Crippen LogP contribution >= 0.6 is 0 Å². The number of anilines is 1. The summed E-state index contributed by atoms with van der Waals surface area (Å²) in [4.78, 5) is 10.7. The zero-order valence-corrected chi connectivity index (χ0v) is 22.5. The molecule has 0 spiro atoms. The first-order valence-electron chi connectivity index (χ1n) is 12.1. The van der Waals surface area contributed by atoms with E-state index in [1.807, 2.05) is 12.2 Å². The summed E-state index contributed by atoms with van der Waals surface area (Å²) < 4.78 is 49.1. The van der Waals surface area contributed by atoms with Crippen LogP contribution in [-0.4, -0.2) is 26.6 Å². The molecule has 0 aromatic heterocycles. The second-order valence-corrected chi connectivity index (χ2v) is 11.8. The molecule has 2 N–H and O–H groups in total. The molecule has 0 radical (unpaired) electrons. The summed E-state index contributed by atoms with van der Waals surface area (Å²) in [5.74, 6) is -1.66. The molecule has 0 saturated heterocycles. The van der Waals surface area contributed by atoms with Gasteiger partial charge in [0.15, 0.2) is 5.82 Å². The van der Waals surface area contributed by atoms with Crippen molar-refractivity contribution in [3.05, 3.63) is 83.7 Å². The van der Waals surface area contributed by atoms with Gasteiger partial charge in [-0.1, -0.05) is 50.8 Å². The first-order valence-corrected chi connectivity index (χ1v) is 13.6. The third-order valence-electron chi connectivity index (χ3n) is 6.94. The number of carboxylic acids is 1. The molecule has 0 bridgehead atoms. The van der Waals surface area contributed by atoms with Gasteiger partial charge in [-0.3, -0.25) is 4.72 Å². The number of benzene rings is 2. The molecule has 2 aromatic rings. The Kier molecular flexibility index (Phi) is 8.64. The maximum absolute atomic E-state index is 15.5. The molecule has 6 nitrogen and oxygen atoms in total. The fourth-order valence-corrected chi connectivity index (χ4v) is 5.72. The van der Waals surface area contributed by atoms with Crippen LogP contribution in [0.1, 0.15) is 62.4 Å². The fraction of sp³-hybridized carbons (Fsp3) is 0.345. The monoisotopic (exact) mass is 527 g/mol. The lowest BCUT2D eigenvalue weighted by Crippen LogP contribution is -2.21. The van der Waals surface area contributed by atoms with Gasteiger partial charge in [-0.15, -0.1) is 0 Å². The van der Waals surface area contributed by atoms with Gasteiger partial charge in [-0.2, -0.15) is 0 Å². The minimum absolute atomic E-state index is 0.00113. The molecule has 198 valence electrons. The highest BCUT2D eigenvalue weighted by Gasteiger charge is 2.28. The number of carboxylic acid groups (broad SMARTS) is 1. The lowest BCUT2D eigenvalue weighted by Gasteiger charge is -2.34. The lowest BCUT2D eigenvalue weighted by molar-refractivity contribution is 0.0696. The third kappa shape index (κ3) is 6.68. The van der Waals surface area contributed by atoms with Gasteiger partial charge >= 0.3 is 5.97 Å². The maximum atomic E-state index is 15.5. The Morgan fingerprint density at radius 1 is 1.19 bits per heavy atom. The van der Waals surface area contributed by atoms with Gasteiger partial charge < -0.3 is 9.84 Å². The van der Waals surface area contributed by atoms with E-state index in [1.165, 1.54) is 43.5 Å². The third-order valence-corrected chi connectivity index (χ3v) is 8.33. The summed E-state index contributed by atoms with van der Waals surface area (Å²) >= 11 is 0. The van der Waals surface area contributed by atoms with Gasteiger partial charge in [0.05, 0.1) is 18.4 Å². The van der Waals surface area contributed by atoms with Gasteiger partial charge in [0.1, 0.15) is 10.6 Å². The van der Waals surface area contributed by atoms with Crippen molar-refractivity contribution >= 4 is 27.3 Å². The molecular formula is C29H34FNO5S. The van der Waals surface area contributed by atoms with E-state index in [0.717, 1.165) is 31.3 Å². The molecule has 0 unspecified atom stereocenters. The molecule has 0 atom stereocenters. The van der Waals surface area contributed by atoms with Crippen LogP contribution in [0.2, 0.25) is 0 Å². The van der Waals surface area contributed by atoms with Gasteiger partial charge in [0, 0.05) is 5.56 Å². The van der Waals surface area contributed by atoms with Crippen LogP contribution in [0, 0.1) is 17.2 Å². The first-order chi connectivity index (χ1) is 17.4. The standard InChI is InChI=1S/C29H34FNO5S/c1-6-20(21-14-16-29(3,4)17-15-21)11-10-19(2)23-8-7-9-26(27(23)30)37(34,35)31-24-13-12-22(28(32)33)18-25(24)36-5/h6-13,18,21,31H,1,14-17H2,2-5H3,(H,32,33)/b19-10+,20-11+. The van der Waals surface area contributed by atoms with E-state index in [2.05, 4.69) is 25.1 Å². The summed E-state index contributed by atoms with van der Waals surface area (Å²) in [5, 5.41) is 9.16. The van der Waals surface area contributed by atoms with Crippen molar-refractivity contribution in [3.8, 4) is 5.75 Å². The van der Waals surface area contributed by atoms with Crippen LogP contribution in [0.25, 0.3) is 5.57 Å². The van der Waals surface area contributed by atoms with E-state index >= 15 is 4.39 Å². The molecule has 1 fully saturated rings. The molecule has 1 aliphatic rings. The summed E-state index contributed by atoms with van der Waals surface area (Å²) in [6, 6.07) is 7.89. The average molecular weight is 528 g/mol. The lowest BCUT2D eigenvalue weighted by atomic mass is 9.71.